The number of hydrogen-bond donors (Lipinski definition) is 2. The number of benzene rings is 3. The van der Waals surface area contributed by atoms with Crippen LogP contribution in [0.3, 0.4) is 0 Å². The van der Waals surface area contributed by atoms with Crippen LogP contribution in [0.2, 0.25) is 0 Å². The maximum Gasteiger partial charge on any atom is 0.272 e. The van der Waals surface area contributed by atoms with Gasteiger partial charge in [-0.1, -0.05) is 54.6 Å². The molecule has 6 heteroatoms. The number of pyridine rings is 1. The molecule has 0 fully saturated rings. The number of nitrogens with one attached hydrogen (secondary N) is 1. The Kier molecular flexibility index (Phi) is 6.45. The second-order valence-electron chi connectivity index (χ2n) is 7.36. The molecular formula is C27H23N3O3. The monoisotopic (exact) mass is 437 g/mol. The number of ether oxygens (including phenoxy) is 1. The van der Waals surface area contributed by atoms with Crippen molar-refractivity contribution >= 4 is 23.0 Å². The zero-order valence-electron chi connectivity index (χ0n) is 18.2. The normalized spacial score (nSPS) is 10.9. The topological polar surface area (TPSA) is 83.8 Å². The zero-order chi connectivity index (χ0) is 23.2. The van der Waals surface area contributed by atoms with Gasteiger partial charge in [0.2, 0.25) is 0 Å². The van der Waals surface area contributed by atoms with Gasteiger partial charge in [0.05, 0.1) is 30.1 Å². The van der Waals surface area contributed by atoms with E-state index >= 15 is 0 Å². The first kappa shape index (κ1) is 21.8. The molecule has 4 aromatic rings. The number of phenols is 1. The Morgan fingerprint density at radius 2 is 1.88 bits per heavy atom. The summed E-state index contributed by atoms with van der Waals surface area (Å²) in [5.74, 6) is 0.0455. The number of rotatable bonds is 7. The number of carbonyl (C=O) groups excluding carboxylic acids is 1. The fourth-order valence-electron chi connectivity index (χ4n) is 3.58. The summed E-state index contributed by atoms with van der Waals surface area (Å²) in [6, 6.07) is 22.4. The Morgan fingerprint density at radius 3 is 2.64 bits per heavy atom. The summed E-state index contributed by atoms with van der Waals surface area (Å²) in [5, 5.41) is 15.1. The molecule has 6 nitrogen and oxygen atoms in total. The summed E-state index contributed by atoms with van der Waals surface area (Å²) < 4.78 is 5.23. The largest absolute Gasteiger partial charge is 0.504 e. The molecule has 0 unspecified atom stereocenters. The van der Waals surface area contributed by atoms with Crippen molar-refractivity contribution in [1.29, 1.82) is 0 Å². The number of nitrogens with zero attached hydrogens (tertiary/aromatic N) is 2. The molecule has 33 heavy (non-hydrogen) atoms. The quantitative estimate of drug-likeness (QED) is 0.239. The predicted octanol–water partition coefficient (Wildman–Crippen LogP) is 5.11. The van der Waals surface area contributed by atoms with Gasteiger partial charge in [0, 0.05) is 16.5 Å². The van der Waals surface area contributed by atoms with E-state index in [-0.39, 0.29) is 11.7 Å². The highest BCUT2D eigenvalue weighted by atomic mass is 16.5. The average Bonchev–Trinajstić information content (AvgIpc) is 2.85. The second kappa shape index (κ2) is 9.78. The number of para-hydroxylation sites is 1. The number of phenolic OH excluding ortho intramolecular Hbond substituents is 1. The molecule has 1 amide bonds. The molecule has 0 atom stereocenters. The number of hydrazone groups is 1. The molecule has 3 aromatic carbocycles. The van der Waals surface area contributed by atoms with Crippen LogP contribution in [0.1, 0.15) is 21.5 Å². The Hall–Kier alpha value is -4.45. The van der Waals surface area contributed by atoms with E-state index < -0.39 is 0 Å². The maximum absolute atomic E-state index is 13.0. The van der Waals surface area contributed by atoms with Gasteiger partial charge in [-0.25, -0.2) is 10.4 Å². The van der Waals surface area contributed by atoms with Crippen LogP contribution >= 0.6 is 0 Å². The Morgan fingerprint density at radius 1 is 1.12 bits per heavy atom. The summed E-state index contributed by atoms with van der Waals surface area (Å²) >= 11 is 0. The van der Waals surface area contributed by atoms with Gasteiger partial charge in [-0.3, -0.25) is 4.79 Å². The average molecular weight is 437 g/mol. The fourth-order valence-corrected chi connectivity index (χ4v) is 3.58. The summed E-state index contributed by atoms with van der Waals surface area (Å²) in [7, 11) is 1.48. The number of amides is 1. The number of carbonyl (C=O) groups is 1. The van der Waals surface area contributed by atoms with E-state index in [1.165, 1.54) is 13.3 Å². The van der Waals surface area contributed by atoms with Crippen LogP contribution in [0, 0.1) is 0 Å². The lowest BCUT2D eigenvalue weighted by Crippen LogP contribution is -2.18. The van der Waals surface area contributed by atoms with E-state index in [4.69, 9.17) is 9.72 Å². The van der Waals surface area contributed by atoms with Crippen LogP contribution in [0.25, 0.3) is 22.2 Å². The lowest BCUT2D eigenvalue weighted by atomic mass is 10.0. The Bertz CT molecular complexity index is 1350. The summed E-state index contributed by atoms with van der Waals surface area (Å²) in [5.41, 5.74) is 6.77. The first-order valence-electron chi connectivity index (χ1n) is 10.4. The molecule has 2 N–H and O–H groups in total. The van der Waals surface area contributed by atoms with Gasteiger partial charge in [0.15, 0.2) is 11.5 Å². The number of allylic oxidation sites excluding steroid dienone is 1. The minimum atomic E-state index is -0.348. The van der Waals surface area contributed by atoms with E-state index in [0.29, 0.717) is 34.6 Å². The Labute approximate surface area is 191 Å². The van der Waals surface area contributed by atoms with Crippen LogP contribution in [-0.4, -0.2) is 29.3 Å². The van der Waals surface area contributed by atoms with Crippen molar-refractivity contribution in [3.63, 3.8) is 0 Å². The molecule has 0 aliphatic rings. The molecule has 0 spiro atoms. The molecule has 0 radical (unpaired) electrons. The summed E-state index contributed by atoms with van der Waals surface area (Å²) in [4.78, 5) is 17.8. The van der Waals surface area contributed by atoms with Crippen molar-refractivity contribution in [2.75, 3.05) is 7.11 Å². The van der Waals surface area contributed by atoms with Crippen LogP contribution < -0.4 is 10.2 Å². The minimum Gasteiger partial charge on any atom is -0.504 e. The van der Waals surface area contributed by atoms with E-state index in [0.717, 1.165) is 16.5 Å². The van der Waals surface area contributed by atoms with Gasteiger partial charge >= 0.3 is 0 Å². The highest BCUT2D eigenvalue weighted by Crippen LogP contribution is 2.31. The van der Waals surface area contributed by atoms with Gasteiger partial charge in [-0.2, -0.15) is 5.10 Å². The number of fused-ring (bicyclic) bond motifs is 1. The molecule has 0 saturated carbocycles. The van der Waals surface area contributed by atoms with Gasteiger partial charge in [0.1, 0.15) is 0 Å². The molecule has 0 saturated heterocycles. The van der Waals surface area contributed by atoms with E-state index in [1.54, 1.807) is 24.3 Å². The maximum atomic E-state index is 13.0. The molecular weight excluding hydrogens is 414 g/mol. The van der Waals surface area contributed by atoms with Crippen molar-refractivity contribution in [2.45, 2.75) is 6.42 Å². The SMILES string of the molecule is C=CCc1cc(/C=N/NC(=O)c2cc(-c3ccccc3)nc3ccccc23)cc(OC)c1O. The molecule has 0 aliphatic heterocycles. The first-order valence-corrected chi connectivity index (χ1v) is 10.4. The van der Waals surface area contributed by atoms with E-state index in [1.807, 2.05) is 54.6 Å². The van der Waals surface area contributed by atoms with Crippen molar-refractivity contribution in [2.24, 2.45) is 5.10 Å². The number of aromatic nitrogens is 1. The lowest BCUT2D eigenvalue weighted by Gasteiger charge is -2.10. The highest BCUT2D eigenvalue weighted by Gasteiger charge is 2.14. The third-order valence-electron chi connectivity index (χ3n) is 5.17. The van der Waals surface area contributed by atoms with Crippen molar-refractivity contribution in [3.05, 3.63) is 102 Å². The van der Waals surface area contributed by atoms with Gasteiger partial charge in [-0.05, 0) is 36.2 Å². The zero-order valence-corrected chi connectivity index (χ0v) is 18.2. The van der Waals surface area contributed by atoms with Crippen LogP contribution in [0.5, 0.6) is 11.5 Å². The fraction of sp³-hybridized carbons (Fsp3) is 0.0741. The van der Waals surface area contributed by atoms with Crippen LogP contribution in [-0.2, 0) is 6.42 Å². The summed E-state index contributed by atoms with van der Waals surface area (Å²) in [6.45, 7) is 3.71. The van der Waals surface area contributed by atoms with Crippen molar-refractivity contribution < 1.29 is 14.6 Å². The first-order chi connectivity index (χ1) is 16.1. The standard InChI is InChI=1S/C27H23N3O3/c1-3-9-20-14-18(15-25(33-2)26(20)31)17-28-30-27(32)22-16-24(19-10-5-4-6-11-19)29-23-13-8-7-12-21(22)23/h3-8,10-17,31H,1,9H2,2H3,(H,30,32)/b28-17+. The van der Waals surface area contributed by atoms with E-state index in [2.05, 4.69) is 17.1 Å². The highest BCUT2D eigenvalue weighted by molar-refractivity contribution is 6.07. The van der Waals surface area contributed by atoms with E-state index in [9.17, 15) is 9.90 Å². The number of hydrogen-bond acceptors (Lipinski definition) is 5. The molecule has 4 rings (SSSR count). The third-order valence-corrected chi connectivity index (χ3v) is 5.17. The molecule has 0 aliphatic carbocycles. The molecule has 0 bridgehead atoms. The van der Waals surface area contributed by atoms with Crippen LogP contribution in [0.4, 0.5) is 0 Å². The van der Waals surface area contributed by atoms with Crippen LogP contribution in [0.15, 0.2) is 90.6 Å². The number of methoxy groups -OCH3 is 1. The molecule has 1 heterocycles. The van der Waals surface area contributed by atoms with Crippen molar-refractivity contribution in [1.82, 2.24) is 10.4 Å². The van der Waals surface area contributed by atoms with Gasteiger partial charge < -0.3 is 9.84 Å². The lowest BCUT2D eigenvalue weighted by molar-refractivity contribution is 0.0956. The van der Waals surface area contributed by atoms with Gasteiger partial charge in [-0.15, -0.1) is 6.58 Å². The smallest absolute Gasteiger partial charge is 0.272 e. The number of aromatic hydroxyl groups is 1. The Balaban J connectivity index is 1.64. The molecule has 1 aromatic heterocycles. The third kappa shape index (κ3) is 4.75. The van der Waals surface area contributed by atoms with Gasteiger partial charge in [0.25, 0.3) is 5.91 Å². The predicted molar refractivity (Wildman–Crippen MR) is 131 cm³/mol. The second-order valence-corrected chi connectivity index (χ2v) is 7.36. The van der Waals surface area contributed by atoms with Crippen molar-refractivity contribution in [3.8, 4) is 22.8 Å². The minimum absolute atomic E-state index is 0.0651. The summed E-state index contributed by atoms with van der Waals surface area (Å²) in [6.07, 6.45) is 3.67. The molecule has 164 valence electrons.